The first-order chi connectivity index (χ1) is 12.0. The SMILES string of the molecule is CC(C)C1(Cc2ccccc2)CCC1C1CN(CC(C)(C)C)CC1(C)C. The van der Waals surface area contributed by atoms with Gasteiger partial charge in [-0.15, -0.1) is 0 Å². The predicted octanol–water partition coefficient (Wildman–Crippen LogP) is 6.29. The molecule has 1 saturated heterocycles. The number of hydrogen-bond acceptors (Lipinski definition) is 1. The molecule has 1 nitrogen and oxygen atoms in total. The van der Waals surface area contributed by atoms with Crippen LogP contribution in [0.2, 0.25) is 0 Å². The van der Waals surface area contributed by atoms with Gasteiger partial charge in [-0.1, -0.05) is 78.8 Å². The van der Waals surface area contributed by atoms with Gasteiger partial charge in [0.1, 0.15) is 0 Å². The molecule has 3 rings (SSSR count). The van der Waals surface area contributed by atoms with Crippen molar-refractivity contribution in [3.63, 3.8) is 0 Å². The fourth-order valence-corrected chi connectivity index (χ4v) is 6.15. The number of rotatable bonds is 5. The van der Waals surface area contributed by atoms with Crippen LogP contribution in [0.4, 0.5) is 0 Å². The maximum Gasteiger partial charge on any atom is 0.00363 e. The molecule has 1 aromatic rings. The highest BCUT2D eigenvalue weighted by atomic mass is 15.2. The van der Waals surface area contributed by atoms with Gasteiger partial charge in [-0.3, -0.25) is 0 Å². The average molecular weight is 356 g/mol. The zero-order valence-electron chi connectivity index (χ0n) is 18.3. The van der Waals surface area contributed by atoms with Crippen molar-refractivity contribution in [3.8, 4) is 0 Å². The maximum atomic E-state index is 2.76. The van der Waals surface area contributed by atoms with Gasteiger partial charge >= 0.3 is 0 Å². The fraction of sp³-hybridized carbons (Fsp3) is 0.760. The topological polar surface area (TPSA) is 3.24 Å². The Hall–Kier alpha value is -0.820. The van der Waals surface area contributed by atoms with Crippen LogP contribution in [0.15, 0.2) is 30.3 Å². The van der Waals surface area contributed by atoms with E-state index >= 15 is 0 Å². The van der Waals surface area contributed by atoms with Gasteiger partial charge in [-0.2, -0.15) is 0 Å². The van der Waals surface area contributed by atoms with E-state index in [1.807, 2.05) is 0 Å². The molecule has 0 radical (unpaired) electrons. The lowest BCUT2D eigenvalue weighted by Gasteiger charge is -2.57. The Morgan fingerprint density at radius 2 is 1.73 bits per heavy atom. The van der Waals surface area contributed by atoms with Crippen molar-refractivity contribution < 1.29 is 0 Å². The van der Waals surface area contributed by atoms with Gasteiger partial charge in [0.15, 0.2) is 0 Å². The average Bonchev–Trinajstić information content (AvgIpc) is 2.76. The molecule has 1 heteroatoms. The second kappa shape index (κ2) is 6.97. The minimum absolute atomic E-state index is 0.393. The molecule has 3 atom stereocenters. The van der Waals surface area contributed by atoms with Crippen molar-refractivity contribution in [3.05, 3.63) is 35.9 Å². The van der Waals surface area contributed by atoms with Crippen molar-refractivity contribution in [2.45, 2.75) is 67.7 Å². The Labute approximate surface area is 162 Å². The molecule has 0 bridgehead atoms. The summed E-state index contributed by atoms with van der Waals surface area (Å²) in [5.74, 6) is 2.47. The first-order valence-corrected chi connectivity index (χ1v) is 10.8. The van der Waals surface area contributed by atoms with Crippen LogP contribution in [-0.4, -0.2) is 24.5 Å². The Balaban J connectivity index is 1.80. The van der Waals surface area contributed by atoms with E-state index in [-0.39, 0.29) is 0 Å². The third-order valence-corrected chi connectivity index (χ3v) is 7.46. The van der Waals surface area contributed by atoms with Gasteiger partial charge in [-0.05, 0) is 58.8 Å². The van der Waals surface area contributed by atoms with Crippen molar-refractivity contribution in [1.29, 1.82) is 0 Å². The molecular formula is C25H41N. The molecule has 1 saturated carbocycles. The predicted molar refractivity (Wildman–Crippen MR) is 113 cm³/mol. The van der Waals surface area contributed by atoms with Crippen LogP contribution in [-0.2, 0) is 6.42 Å². The van der Waals surface area contributed by atoms with Crippen molar-refractivity contribution >= 4 is 0 Å². The minimum Gasteiger partial charge on any atom is -0.302 e. The molecule has 146 valence electrons. The van der Waals surface area contributed by atoms with Gasteiger partial charge in [0.2, 0.25) is 0 Å². The van der Waals surface area contributed by atoms with E-state index in [0.717, 1.165) is 17.8 Å². The molecule has 1 aromatic carbocycles. The van der Waals surface area contributed by atoms with Crippen molar-refractivity contribution in [1.82, 2.24) is 4.90 Å². The van der Waals surface area contributed by atoms with E-state index in [2.05, 4.69) is 83.7 Å². The van der Waals surface area contributed by atoms with E-state index in [9.17, 15) is 0 Å². The van der Waals surface area contributed by atoms with Crippen LogP contribution in [0.3, 0.4) is 0 Å². The van der Waals surface area contributed by atoms with Gasteiger partial charge in [0.05, 0.1) is 0 Å². The normalized spacial score (nSPS) is 32.0. The van der Waals surface area contributed by atoms with Crippen LogP contribution in [0, 0.1) is 34.0 Å². The van der Waals surface area contributed by atoms with Crippen molar-refractivity contribution in [2.24, 2.45) is 34.0 Å². The zero-order chi connectivity index (χ0) is 19.2. The Kier molecular flexibility index (Phi) is 5.34. The standard InChI is InChI=1S/C25H41N/c1-19(2)25(15-20-11-9-8-10-12-20)14-13-21(25)22-16-26(17-23(3,4)5)18-24(22,6)7/h8-12,19,21-22H,13-18H2,1-7H3. The van der Waals surface area contributed by atoms with Gasteiger partial charge < -0.3 is 4.90 Å². The van der Waals surface area contributed by atoms with Crippen LogP contribution < -0.4 is 0 Å². The summed E-state index contributed by atoms with van der Waals surface area (Å²) in [4.78, 5) is 2.76. The van der Waals surface area contributed by atoms with Crippen LogP contribution in [0.25, 0.3) is 0 Å². The summed E-state index contributed by atoms with van der Waals surface area (Å²) in [5.41, 5.74) is 2.87. The Morgan fingerprint density at radius 3 is 2.23 bits per heavy atom. The summed E-state index contributed by atoms with van der Waals surface area (Å²) in [6.07, 6.45) is 4.11. The summed E-state index contributed by atoms with van der Waals surface area (Å²) in [7, 11) is 0. The first-order valence-electron chi connectivity index (χ1n) is 10.8. The molecule has 0 spiro atoms. The van der Waals surface area contributed by atoms with Crippen molar-refractivity contribution in [2.75, 3.05) is 19.6 Å². The minimum atomic E-state index is 0.393. The largest absolute Gasteiger partial charge is 0.302 e. The van der Waals surface area contributed by atoms with E-state index in [0.29, 0.717) is 16.2 Å². The molecule has 0 aromatic heterocycles. The Morgan fingerprint density at radius 1 is 1.08 bits per heavy atom. The molecular weight excluding hydrogens is 314 g/mol. The first kappa shape index (κ1) is 19.9. The van der Waals surface area contributed by atoms with Crippen LogP contribution in [0.5, 0.6) is 0 Å². The zero-order valence-corrected chi connectivity index (χ0v) is 18.3. The third kappa shape index (κ3) is 3.88. The summed E-state index contributed by atoms with van der Waals surface area (Å²) < 4.78 is 0. The monoisotopic (exact) mass is 355 g/mol. The van der Waals surface area contributed by atoms with E-state index in [1.165, 1.54) is 44.5 Å². The fourth-order valence-electron chi connectivity index (χ4n) is 6.15. The lowest BCUT2D eigenvalue weighted by molar-refractivity contribution is -0.0739. The van der Waals surface area contributed by atoms with Gasteiger partial charge in [0, 0.05) is 19.6 Å². The highest BCUT2D eigenvalue weighted by Crippen LogP contribution is 2.61. The number of nitrogens with zero attached hydrogens (tertiary/aromatic N) is 1. The second-order valence-corrected chi connectivity index (χ2v) is 11.5. The van der Waals surface area contributed by atoms with Gasteiger partial charge in [-0.25, -0.2) is 0 Å². The molecule has 1 aliphatic heterocycles. The molecule has 0 N–H and O–H groups in total. The van der Waals surface area contributed by atoms with E-state index in [1.54, 1.807) is 0 Å². The van der Waals surface area contributed by atoms with E-state index < -0.39 is 0 Å². The van der Waals surface area contributed by atoms with Crippen LogP contribution >= 0.6 is 0 Å². The summed E-state index contributed by atoms with van der Waals surface area (Å²) in [6.45, 7) is 21.0. The maximum absolute atomic E-state index is 2.76. The molecule has 2 aliphatic rings. The quantitative estimate of drug-likeness (QED) is 0.600. The smallest absolute Gasteiger partial charge is 0.00363 e. The lowest BCUT2D eigenvalue weighted by Crippen LogP contribution is -2.52. The summed E-state index contributed by atoms with van der Waals surface area (Å²) >= 11 is 0. The van der Waals surface area contributed by atoms with Gasteiger partial charge in [0.25, 0.3) is 0 Å². The number of likely N-dealkylation sites (tertiary alicyclic amines) is 1. The number of benzene rings is 1. The molecule has 1 aliphatic carbocycles. The molecule has 3 unspecified atom stereocenters. The molecule has 0 amide bonds. The molecule has 2 fully saturated rings. The third-order valence-electron chi connectivity index (χ3n) is 7.46. The Bertz CT molecular complexity index is 594. The van der Waals surface area contributed by atoms with Crippen LogP contribution in [0.1, 0.15) is 66.9 Å². The molecule has 1 heterocycles. The number of hydrogen-bond donors (Lipinski definition) is 0. The molecule has 26 heavy (non-hydrogen) atoms. The summed E-state index contributed by atoms with van der Waals surface area (Å²) in [6, 6.07) is 11.2. The highest BCUT2D eigenvalue weighted by Gasteiger charge is 2.56. The second-order valence-electron chi connectivity index (χ2n) is 11.5. The highest BCUT2D eigenvalue weighted by molar-refractivity contribution is 5.20. The lowest BCUT2D eigenvalue weighted by atomic mass is 9.47. The summed E-state index contributed by atoms with van der Waals surface area (Å²) in [5, 5.41) is 0. The van der Waals surface area contributed by atoms with E-state index in [4.69, 9.17) is 0 Å².